The Kier molecular flexibility index (Phi) is 4.76. The van der Waals surface area contributed by atoms with E-state index in [9.17, 15) is 9.18 Å². The van der Waals surface area contributed by atoms with Gasteiger partial charge < -0.3 is 4.90 Å². The van der Waals surface area contributed by atoms with Gasteiger partial charge in [-0.1, -0.05) is 6.92 Å². The fourth-order valence-electron chi connectivity index (χ4n) is 2.63. The lowest BCUT2D eigenvalue weighted by Gasteiger charge is -2.17. The van der Waals surface area contributed by atoms with Gasteiger partial charge in [0.1, 0.15) is 5.82 Å². The van der Waals surface area contributed by atoms with E-state index in [1.807, 2.05) is 23.8 Å². The van der Waals surface area contributed by atoms with Gasteiger partial charge in [0.2, 0.25) is 0 Å². The van der Waals surface area contributed by atoms with Crippen molar-refractivity contribution in [3.05, 3.63) is 69.9 Å². The summed E-state index contributed by atoms with van der Waals surface area (Å²) in [5.74, 6) is -0.359. The van der Waals surface area contributed by atoms with E-state index < -0.39 is 0 Å². The highest BCUT2D eigenvalue weighted by atomic mass is 32.1. The van der Waals surface area contributed by atoms with Crippen LogP contribution in [0.2, 0.25) is 0 Å². The van der Waals surface area contributed by atoms with Crippen molar-refractivity contribution in [2.24, 2.45) is 0 Å². The summed E-state index contributed by atoms with van der Waals surface area (Å²) < 4.78 is 14.8. The van der Waals surface area contributed by atoms with E-state index in [2.05, 4.69) is 5.10 Å². The molecular weight excluding hydrogens is 325 g/mol. The molecule has 124 valence electrons. The molecule has 1 amide bonds. The number of benzene rings is 1. The van der Waals surface area contributed by atoms with E-state index in [4.69, 9.17) is 0 Å². The molecule has 0 spiro atoms. The Balaban J connectivity index is 1.88. The van der Waals surface area contributed by atoms with Crippen molar-refractivity contribution in [1.29, 1.82) is 0 Å². The second kappa shape index (κ2) is 6.97. The molecule has 6 heteroatoms. The Morgan fingerprint density at radius 3 is 2.67 bits per heavy atom. The molecule has 3 aromatic rings. The number of rotatable bonds is 5. The number of amides is 1. The topological polar surface area (TPSA) is 38.1 Å². The third-order valence-electron chi connectivity index (χ3n) is 3.85. The van der Waals surface area contributed by atoms with Gasteiger partial charge in [-0.25, -0.2) is 9.07 Å². The third-order valence-corrected chi connectivity index (χ3v) is 4.58. The van der Waals surface area contributed by atoms with Crippen LogP contribution in [-0.4, -0.2) is 27.6 Å². The van der Waals surface area contributed by atoms with Crippen molar-refractivity contribution in [3.63, 3.8) is 0 Å². The highest BCUT2D eigenvalue weighted by Crippen LogP contribution is 2.19. The zero-order valence-electron chi connectivity index (χ0n) is 13.6. The molecule has 0 saturated heterocycles. The lowest BCUT2D eigenvalue weighted by molar-refractivity contribution is 0.0784. The lowest BCUT2D eigenvalue weighted by atomic mass is 10.1. The first-order chi connectivity index (χ1) is 11.6. The molecule has 0 aliphatic heterocycles. The minimum Gasteiger partial charge on any atom is -0.337 e. The Morgan fingerprint density at radius 2 is 2.04 bits per heavy atom. The molecule has 0 unspecified atom stereocenters. The average molecular weight is 343 g/mol. The number of hydrogen-bond donors (Lipinski definition) is 0. The molecule has 4 nitrogen and oxygen atoms in total. The van der Waals surface area contributed by atoms with E-state index in [1.165, 1.54) is 12.1 Å². The van der Waals surface area contributed by atoms with Gasteiger partial charge in [-0.3, -0.25) is 4.79 Å². The molecule has 2 heterocycles. The zero-order chi connectivity index (χ0) is 17.1. The maximum absolute atomic E-state index is 13.1. The average Bonchev–Trinajstić information content (AvgIpc) is 3.23. The van der Waals surface area contributed by atoms with Crippen molar-refractivity contribution in [2.45, 2.75) is 19.9 Å². The molecular formula is C18H18FN3OS. The fourth-order valence-corrected chi connectivity index (χ4v) is 3.29. The predicted molar refractivity (Wildman–Crippen MR) is 93.0 cm³/mol. The summed E-state index contributed by atoms with van der Waals surface area (Å²) in [5.41, 5.74) is 3.26. The molecule has 1 aromatic carbocycles. The maximum atomic E-state index is 13.1. The second-order valence-corrected chi connectivity index (χ2v) is 6.32. The van der Waals surface area contributed by atoms with E-state index >= 15 is 0 Å². The molecule has 0 radical (unpaired) electrons. The largest absolute Gasteiger partial charge is 0.337 e. The zero-order valence-corrected chi connectivity index (χ0v) is 14.4. The first-order valence-corrected chi connectivity index (χ1v) is 8.63. The van der Waals surface area contributed by atoms with Crippen molar-refractivity contribution >= 4 is 17.2 Å². The van der Waals surface area contributed by atoms with Crippen molar-refractivity contribution in [2.75, 3.05) is 7.05 Å². The summed E-state index contributed by atoms with van der Waals surface area (Å²) in [4.78, 5) is 14.5. The van der Waals surface area contributed by atoms with Crippen molar-refractivity contribution in [1.82, 2.24) is 14.7 Å². The smallest absolute Gasteiger partial charge is 0.257 e. The molecule has 24 heavy (non-hydrogen) atoms. The Labute approximate surface area is 144 Å². The predicted octanol–water partition coefficient (Wildman–Crippen LogP) is 3.91. The molecule has 0 fully saturated rings. The van der Waals surface area contributed by atoms with Gasteiger partial charge in [-0.2, -0.15) is 16.4 Å². The minimum absolute atomic E-state index is 0.0635. The van der Waals surface area contributed by atoms with Crippen molar-refractivity contribution < 1.29 is 9.18 Å². The van der Waals surface area contributed by atoms with Crippen LogP contribution in [-0.2, 0) is 13.0 Å². The molecule has 0 aliphatic rings. The minimum atomic E-state index is -0.296. The third kappa shape index (κ3) is 3.23. The fraction of sp³-hybridized carbons (Fsp3) is 0.222. The maximum Gasteiger partial charge on any atom is 0.257 e. The summed E-state index contributed by atoms with van der Waals surface area (Å²) in [6.45, 7) is 2.54. The number of halogens is 1. The van der Waals surface area contributed by atoms with Crippen LogP contribution in [0.25, 0.3) is 5.69 Å². The van der Waals surface area contributed by atoms with Crippen molar-refractivity contribution in [3.8, 4) is 5.69 Å². The van der Waals surface area contributed by atoms with Crippen LogP contribution >= 0.6 is 11.3 Å². The van der Waals surface area contributed by atoms with E-state index in [0.717, 1.165) is 16.9 Å². The van der Waals surface area contributed by atoms with E-state index in [1.54, 1.807) is 46.3 Å². The lowest BCUT2D eigenvalue weighted by Crippen LogP contribution is -2.26. The number of carbonyl (C=O) groups excluding carboxylic acids is 1. The first-order valence-electron chi connectivity index (χ1n) is 7.69. The van der Waals surface area contributed by atoms with Gasteiger partial charge in [0.05, 0.1) is 23.1 Å². The number of thiophene rings is 1. The molecule has 3 rings (SSSR count). The number of hydrogen-bond acceptors (Lipinski definition) is 3. The normalized spacial score (nSPS) is 10.8. The molecule has 2 aromatic heterocycles. The SMILES string of the molecule is CCc1c(C(=O)N(C)Cc2ccsc2)cnn1-c1ccc(F)cc1. The summed E-state index contributed by atoms with van der Waals surface area (Å²) >= 11 is 1.61. The Morgan fingerprint density at radius 1 is 1.29 bits per heavy atom. The van der Waals surface area contributed by atoms with Crippen LogP contribution in [0.4, 0.5) is 4.39 Å². The van der Waals surface area contributed by atoms with Crippen LogP contribution in [0.3, 0.4) is 0 Å². The van der Waals surface area contributed by atoms with Crippen LogP contribution in [0.1, 0.15) is 28.5 Å². The van der Waals surface area contributed by atoms with Gasteiger partial charge in [-0.15, -0.1) is 0 Å². The van der Waals surface area contributed by atoms with Gasteiger partial charge >= 0.3 is 0 Å². The molecule has 0 bridgehead atoms. The number of aromatic nitrogens is 2. The van der Waals surface area contributed by atoms with Crippen LogP contribution in [0.5, 0.6) is 0 Å². The quantitative estimate of drug-likeness (QED) is 0.704. The van der Waals surface area contributed by atoms with Gasteiger partial charge in [0.15, 0.2) is 0 Å². The standard InChI is InChI=1S/C18H18FN3OS/c1-3-17-16(18(23)21(2)11-13-8-9-24-12-13)10-20-22(17)15-6-4-14(19)5-7-15/h4-10,12H,3,11H2,1-2H3. The monoisotopic (exact) mass is 343 g/mol. The summed E-state index contributed by atoms with van der Waals surface area (Å²) in [5, 5.41) is 8.37. The second-order valence-electron chi connectivity index (χ2n) is 5.54. The van der Waals surface area contributed by atoms with Gasteiger partial charge in [0, 0.05) is 13.6 Å². The van der Waals surface area contributed by atoms with Crippen LogP contribution < -0.4 is 0 Å². The molecule has 0 aliphatic carbocycles. The van der Waals surface area contributed by atoms with E-state index in [0.29, 0.717) is 18.5 Å². The van der Waals surface area contributed by atoms with Crippen LogP contribution in [0, 0.1) is 5.82 Å². The number of nitrogens with zero attached hydrogens (tertiary/aromatic N) is 3. The highest BCUT2D eigenvalue weighted by Gasteiger charge is 2.20. The number of carbonyl (C=O) groups is 1. The Bertz CT molecular complexity index is 825. The van der Waals surface area contributed by atoms with E-state index in [-0.39, 0.29) is 11.7 Å². The van der Waals surface area contributed by atoms with Gasteiger partial charge in [0.25, 0.3) is 5.91 Å². The molecule has 0 atom stereocenters. The Hall–Kier alpha value is -2.47. The molecule has 0 N–H and O–H groups in total. The highest BCUT2D eigenvalue weighted by molar-refractivity contribution is 7.07. The molecule has 0 saturated carbocycles. The summed E-state index contributed by atoms with van der Waals surface area (Å²) in [6.07, 6.45) is 2.25. The summed E-state index contributed by atoms with van der Waals surface area (Å²) in [7, 11) is 1.79. The summed E-state index contributed by atoms with van der Waals surface area (Å²) in [6, 6.07) is 8.11. The van der Waals surface area contributed by atoms with Gasteiger partial charge in [-0.05, 0) is 53.1 Å². The van der Waals surface area contributed by atoms with Crippen LogP contribution in [0.15, 0.2) is 47.3 Å². The first kappa shape index (κ1) is 16.4.